The van der Waals surface area contributed by atoms with Crippen molar-refractivity contribution in [3.63, 3.8) is 0 Å². The summed E-state index contributed by atoms with van der Waals surface area (Å²) >= 11 is 5.51. The Morgan fingerprint density at radius 1 is 1.26 bits per heavy atom. The highest BCUT2D eigenvalue weighted by Gasteiger charge is 2.30. The molecule has 1 saturated heterocycles. The van der Waals surface area contributed by atoms with Crippen molar-refractivity contribution in [2.45, 2.75) is 38.0 Å². The summed E-state index contributed by atoms with van der Waals surface area (Å²) < 4.78 is 6.04. The molecule has 102 valence electrons. The molecule has 2 fully saturated rings. The highest BCUT2D eigenvalue weighted by Crippen LogP contribution is 2.26. The van der Waals surface area contributed by atoms with Crippen LogP contribution in [0.4, 0.5) is 0 Å². The van der Waals surface area contributed by atoms with Crippen molar-refractivity contribution in [1.82, 2.24) is 10.2 Å². The molecule has 2 unspecified atom stereocenters. The maximum atomic E-state index is 6.04. The van der Waals surface area contributed by atoms with E-state index in [1.165, 1.54) is 18.4 Å². The van der Waals surface area contributed by atoms with Gasteiger partial charge in [0.05, 0.1) is 12.6 Å². The lowest BCUT2D eigenvalue weighted by Crippen LogP contribution is -2.50. The third-order valence-electron chi connectivity index (χ3n) is 3.62. The van der Waals surface area contributed by atoms with Gasteiger partial charge >= 0.3 is 0 Å². The summed E-state index contributed by atoms with van der Waals surface area (Å²) in [5.41, 5.74) is 1.23. The van der Waals surface area contributed by atoms with Crippen LogP contribution >= 0.6 is 12.2 Å². The molecular weight excluding hydrogens is 256 g/mol. The van der Waals surface area contributed by atoms with Crippen LogP contribution in [0.5, 0.6) is 0 Å². The fourth-order valence-electron chi connectivity index (χ4n) is 2.46. The zero-order valence-corrected chi connectivity index (χ0v) is 12.0. The largest absolute Gasteiger partial charge is 0.367 e. The predicted molar refractivity (Wildman–Crippen MR) is 80.1 cm³/mol. The van der Waals surface area contributed by atoms with E-state index >= 15 is 0 Å². The van der Waals surface area contributed by atoms with Gasteiger partial charge in [-0.2, -0.15) is 0 Å². The molecule has 1 saturated carbocycles. The summed E-state index contributed by atoms with van der Waals surface area (Å²) in [5, 5.41) is 4.31. The summed E-state index contributed by atoms with van der Waals surface area (Å²) in [6, 6.07) is 11.0. The molecule has 3 nitrogen and oxygen atoms in total. The third-order valence-corrected chi connectivity index (χ3v) is 4.00. The number of hydrogen-bond donors (Lipinski definition) is 1. The molecule has 0 amide bonds. The SMILES string of the molecule is CC1CN(C(=S)NC2CC2)CC(c2ccccc2)O1. The first-order valence-electron chi connectivity index (χ1n) is 6.98. The van der Waals surface area contributed by atoms with Gasteiger partial charge in [-0.15, -0.1) is 0 Å². The van der Waals surface area contributed by atoms with Gasteiger partial charge in [-0.1, -0.05) is 30.3 Å². The first kappa shape index (κ1) is 12.9. The zero-order chi connectivity index (χ0) is 13.2. The van der Waals surface area contributed by atoms with E-state index in [1.54, 1.807) is 0 Å². The van der Waals surface area contributed by atoms with Crippen molar-refractivity contribution in [1.29, 1.82) is 0 Å². The van der Waals surface area contributed by atoms with Gasteiger partial charge in [-0.05, 0) is 37.5 Å². The van der Waals surface area contributed by atoms with Crippen LogP contribution in [-0.4, -0.2) is 35.2 Å². The Morgan fingerprint density at radius 3 is 2.68 bits per heavy atom. The van der Waals surface area contributed by atoms with Crippen molar-refractivity contribution < 1.29 is 4.74 Å². The van der Waals surface area contributed by atoms with Gasteiger partial charge in [0.1, 0.15) is 6.10 Å². The summed E-state index contributed by atoms with van der Waals surface area (Å²) in [4.78, 5) is 2.25. The van der Waals surface area contributed by atoms with Gasteiger partial charge in [0.15, 0.2) is 5.11 Å². The van der Waals surface area contributed by atoms with Gasteiger partial charge in [0.2, 0.25) is 0 Å². The molecule has 0 radical (unpaired) electrons. The molecule has 1 heterocycles. The van der Waals surface area contributed by atoms with Crippen molar-refractivity contribution in [2.75, 3.05) is 13.1 Å². The van der Waals surface area contributed by atoms with E-state index in [4.69, 9.17) is 17.0 Å². The number of morpholine rings is 1. The second kappa shape index (κ2) is 5.47. The number of benzene rings is 1. The number of nitrogens with zero attached hydrogens (tertiary/aromatic N) is 1. The van der Waals surface area contributed by atoms with Crippen LogP contribution in [0, 0.1) is 0 Å². The Kier molecular flexibility index (Phi) is 3.71. The summed E-state index contributed by atoms with van der Waals surface area (Å²) in [7, 11) is 0. The lowest BCUT2D eigenvalue weighted by molar-refractivity contribution is -0.0597. The molecular formula is C15H20N2OS. The molecule has 1 aliphatic heterocycles. The Hall–Kier alpha value is -1.13. The minimum Gasteiger partial charge on any atom is -0.367 e. The van der Waals surface area contributed by atoms with Crippen LogP contribution in [0.3, 0.4) is 0 Å². The number of thiocarbonyl (C=S) groups is 1. The average Bonchev–Trinajstić information content (AvgIpc) is 3.23. The smallest absolute Gasteiger partial charge is 0.169 e. The topological polar surface area (TPSA) is 24.5 Å². The molecule has 2 aliphatic rings. The number of hydrogen-bond acceptors (Lipinski definition) is 2. The second-order valence-electron chi connectivity index (χ2n) is 5.47. The maximum absolute atomic E-state index is 6.04. The fourth-order valence-corrected chi connectivity index (χ4v) is 2.78. The van der Waals surface area contributed by atoms with Gasteiger partial charge in [0.25, 0.3) is 0 Å². The standard InChI is InChI=1S/C15H20N2OS/c1-11-9-17(15(19)16-13-7-8-13)10-14(18-11)12-5-3-2-4-6-12/h2-6,11,13-14H,7-10H2,1H3,(H,16,19). The highest BCUT2D eigenvalue weighted by atomic mass is 32.1. The van der Waals surface area contributed by atoms with Crippen LogP contribution in [0.15, 0.2) is 30.3 Å². The van der Waals surface area contributed by atoms with E-state index in [2.05, 4.69) is 41.4 Å². The van der Waals surface area contributed by atoms with Crippen molar-refractivity contribution in [2.24, 2.45) is 0 Å². The Balaban J connectivity index is 1.67. The molecule has 4 heteroatoms. The van der Waals surface area contributed by atoms with E-state index in [9.17, 15) is 0 Å². The molecule has 1 aliphatic carbocycles. The van der Waals surface area contributed by atoms with Crippen LogP contribution in [0.2, 0.25) is 0 Å². The predicted octanol–water partition coefficient (Wildman–Crippen LogP) is 2.49. The van der Waals surface area contributed by atoms with Crippen molar-refractivity contribution in [3.8, 4) is 0 Å². The third kappa shape index (κ3) is 3.25. The first-order valence-corrected chi connectivity index (χ1v) is 7.39. The summed E-state index contributed by atoms with van der Waals surface area (Å²) in [6.07, 6.45) is 2.83. The molecule has 0 spiro atoms. The Morgan fingerprint density at radius 2 is 2.00 bits per heavy atom. The monoisotopic (exact) mass is 276 g/mol. The summed E-state index contributed by atoms with van der Waals surface area (Å²) in [6.45, 7) is 3.83. The van der Waals surface area contributed by atoms with E-state index in [-0.39, 0.29) is 12.2 Å². The van der Waals surface area contributed by atoms with E-state index in [0.717, 1.165) is 18.2 Å². The lowest BCUT2D eigenvalue weighted by Gasteiger charge is -2.38. The molecule has 2 atom stereocenters. The quantitative estimate of drug-likeness (QED) is 0.839. The van der Waals surface area contributed by atoms with Crippen LogP contribution in [0.25, 0.3) is 0 Å². The molecule has 3 rings (SSSR count). The Bertz CT molecular complexity index is 447. The average molecular weight is 276 g/mol. The van der Waals surface area contributed by atoms with E-state index in [1.807, 2.05) is 6.07 Å². The number of rotatable bonds is 2. The maximum Gasteiger partial charge on any atom is 0.169 e. The van der Waals surface area contributed by atoms with Crippen molar-refractivity contribution >= 4 is 17.3 Å². The van der Waals surface area contributed by atoms with E-state index in [0.29, 0.717) is 6.04 Å². The second-order valence-corrected chi connectivity index (χ2v) is 5.86. The normalized spacial score (nSPS) is 27.1. The fraction of sp³-hybridized carbons (Fsp3) is 0.533. The molecule has 1 aromatic carbocycles. The van der Waals surface area contributed by atoms with Gasteiger partial charge in [-0.25, -0.2) is 0 Å². The van der Waals surface area contributed by atoms with Gasteiger partial charge in [-0.3, -0.25) is 0 Å². The molecule has 1 N–H and O–H groups in total. The number of ether oxygens (including phenoxy) is 1. The van der Waals surface area contributed by atoms with Crippen LogP contribution in [0.1, 0.15) is 31.4 Å². The molecule has 19 heavy (non-hydrogen) atoms. The van der Waals surface area contributed by atoms with Gasteiger partial charge < -0.3 is 15.0 Å². The molecule has 1 aromatic rings. The van der Waals surface area contributed by atoms with E-state index < -0.39 is 0 Å². The molecule has 0 aromatic heterocycles. The van der Waals surface area contributed by atoms with Crippen molar-refractivity contribution in [3.05, 3.63) is 35.9 Å². The molecule has 0 bridgehead atoms. The Labute approximate surface area is 119 Å². The lowest BCUT2D eigenvalue weighted by atomic mass is 10.1. The van der Waals surface area contributed by atoms with Crippen LogP contribution < -0.4 is 5.32 Å². The highest BCUT2D eigenvalue weighted by molar-refractivity contribution is 7.80. The van der Waals surface area contributed by atoms with Crippen LogP contribution in [-0.2, 0) is 4.74 Å². The minimum absolute atomic E-state index is 0.115. The zero-order valence-electron chi connectivity index (χ0n) is 11.2. The first-order chi connectivity index (χ1) is 9.22. The van der Waals surface area contributed by atoms with Gasteiger partial charge in [0, 0.05) is 12.6 Å². The summed E-state index contributed by atoms with van der Waals surface area (Å²) in [5.74, 6) is 0. The number of nitrogens with one attached hydrogen (secondary N) is 1. The minimum atomic E-state index is 0.115.